The molecule has 0 aromatic carbocycles. The van der Waals surface area contributed by atoms with E-state index in [1.165, 1.54) is 6.92 Å². The van der Waals surface area contributed by atoms with E-state index in [1.807, 2.05) is 13.8 Å². The molecule has 1 saturated carbocycles. The summed E-state index contributed by atoms with van der Waals surface area (Å²) in [7, 11) is 0. The van der Waals surface area contributed by atoms with Crippen LogP contribution in [0.25, 0.3) is 0 Å². The average molecular weight is 328 g/mol. The van der Waals surface area contributed by atoms with Gasteiger partial charge in [0.2, 0.25) is 5.91 Å². The van der Waals surface area contributed by atoms with Crippen LogP contribution in [0.15, 0.2) is 4.99 Å². The highest BCUT2D eigenvalue weighted by Crippen LogP contribution is 2.40. The highest BCUT2D eigenvalue weighted by atomic mass is 16.4. The highest BCUT2D eigenvalue weighted by Gasteiger charge is 2.51. The first-order valence-electron chi connectivity index (χ1n) is 7.99. The molecule has 8 heteroatoms. The largest absolute Gasteiger partial charge is 0.481 e. The van der Waals surface area contributed by atoms with Crippen LogP contribution in [-0.2, 0) is 9.59 Å². The number of aliphatic hydroxyl groups is 1. The van der Waals surface area contributed by atoms with E-state index >= 15 is 0 Å². The molecule has 0 unspecified atom stereocenters. The zero-order chi connectivity index (χ0) is 17.7. The zero-order valence-corrected chi connectivity index (χ0v) is 13.9. The smallest absolute Gasteiger partial charge is 0.307 e. The molecular weight excluding hydrogens is 300 g/mol. The summed E-state index contributed by atoms with van der Waals surface area (Å²) in [5.41, 5.74) is 10.7. The third kappa shape index (κ3) is 4.57. The summed E-state index contributed by atoms with van der Waals surface area (Å²) < 4.78 is 0. The van der Waals surface area contributed by atoms with Crippen molar-refractivity contribution in [1.29, 1.82) is 0 Å². The van der Waals surface area contributed by atoms with E-state index in [-0.39, 0.29) is 24.2 Å². The van der Waals surface area contributed by atoms with Crippen molar-refractivity contribution < 1.29 is 19.8 Å². The average Bonchev–Trinajstić information content (AvgIpc) is 2.75. The van der Waals surface area contributed by atoms with Crippen molar-refractivity contribution in [2.75, 3.05) is 0 Å². The van der Waals surface area contributed by atoms with E-state index in [2.05, 4.69) is 10.3 Å². The molecule has 7 N–H and O–H groups in total. The predicted molar refractivity (Wildman–Crippen MR) is 86.5 cm³/mol. The summed E-state index contributed by atoms with van der Waals surface area (Å²) in [6.45, 7) is 5.35. The number of nitrogens with zero attached hydrogens (tertiary/aromatic N) is 1. The maximum absolute atomic E-state index is 11.6. The number of aliphatic imine (C=N–C) groups is 1. The minimum atomic E-state index is -1.02. The second-order valence-electron chi connectivity index (χ2n) is 6.17. The molecule has 1 amide bonds. The van der Waals surface area contributed by atoms with Gasteiger partial charge in [-0.3, -0.25) is 9.59 Å². The molecule has 5 atom stereocenters. The van der Waals surface area contributed by atoms with E-state index in [9.17, 15) is 19.8 Å². The molecule has 1 fully saturated rings. The van der Waals surface area contributed by atoms with Crippen LogP contribution in [0, 0.1) is 17.8 Å². The normalized spacial score (nSPS) is 28.4. The van der Waals surface area contributed by atoms with Crippen molar-refractivity contribution in [1.82, 2.24) is 5.32 Å². The van der Waals surface area contributed by atoms with Crippen molar-refractivity contribution in [3.8, 4) is 0 Å². The first-order valence-corrected chi connectivity index (χ1v) is 7.99. The van der Waals surface area contributed by atoms with Crippen LogP contribution >= 0.6 is 0 Å². The van der Waals surface area contributed by atoms with Crippen LogP contribution in [0.1, 0.15) is 40.0 Å². The maximum Gasteiger partial charge on any atom is 0.307 e. The minimum Gasteiger partial charge on any atom is -0.481 e. The number of guanidine groups is 1. The number of nitrogens with one attached hydrogen (secondary N) is 1. The predicted octanol–water partition coefficient (Wildman–Crippen LogP) is -0.349. The number of carbonyl (C=O) groups is 2. The van der Waals surface area contributed by atoms with Crippen LogP contribution in [0.5, 0.6) is 0 Å². The lowest BCUT2D eigenvalue weighted by molar-refractivity contribution is -0.145. The standard InChI is InChI=1S/C15H28N4O4/c1-4-8(5-2)12(18-7(3)20)11-9(14(22)23)6-10(13(11)21)19-15(16)17/h8-13,21H,4-6H2,1-3H3,(H,18,20)(H,22,23)(H4,16,17,19)/t9-,10+,11+,12-,13+/m0/s1. The van der Waals surface area contributed by atoms with Crippen LogP contribution in [-0.4, -0.2) is 46.2 Å². The number of carbonyl (C=O) groups excluding carboxylic acids is 1. The van der Waals surface area contributed by atoms with Crippen molar-refractivity contribution >= 4 is 17.8 Å². The zero-order valence-electron chi connectivity index (χ0n) is 13.9. The van der Waals surface area contributed by atoms with E-state index in [4.69, 9.17) is 11.5 Å². The van der Waals surface area contributed by atoms with Gasteiger partial charge in [0.15, 0.2) is 5.96 Å². The Morgan fingerprint density at radius 3 is 2.26 bits per heavy atom. The Balaban J connectivity index is 3.20. The fraction of sp³-hybridized carbons (Fsp3) is 0.800. The molecule has 23 heavy (non-hydrogen) atoms. The fourth-order valence-corrected chi connectivity index (χ4v) is 3.66. The molecule has 0 aromatic heterocycles. The Labute approximate surface area is 136 Å². The number of nitrogens with two attached hydrogens (primary N) is 2. The molecule has 0 aliphatic heterocycles. The second-order valence-corrected chi connectivity index (χ2v) is 6.17. The maximum atomic E-state index is 11.6. The molecule has 0 radical (unpaired) electrons. The Morgan fingerprint density at radius 1 is 1.30 bits per heavy atom. The number of hydrogen-bond donors (Lipinski definition) is 5. The van der Waals surface area contributed by atoms with E-state index in [0.29, 0.717) is 0 Å². The second kappa shape index (κ2) is 8.14. The lowest BCUT2D eigenvalue weighted by Gasteiger charge is -2.35. The van der Waals surface area contributed by atoms with Gasteiger partial charge in [-0.05, 0) is 12.3 Å². The Kier molecular flexibility index (Phi) is 6.80. The van der Waals surface area contributed by atoms with Crippen LogP contribution in [0.2, 0.25) is 0 Å². The molecule has 1 aliphatic rings. The van der Waals surface area contributed by atoms with Crippen molar-refractivity contribution in [2.45, 2.75) is 58.2 Å². The van der Waals surface area contributed by atoms with E-state index in [1.54, 1.807) is 0 Å². The summed E-state index contributed by atoms with van der Waals surface area (Å²) in [4.78, 5) is 27.2. The number of aliphatic hydroxyl groups excluding tert-OH is 1. The number of amides is 1. The van der Waals surface area contributed by atoms with Gasteiger partial charge < -0.3 is 27.0 Å². The lowest BCUT2D eigenvalue weighted by atomic mass is 9.78. The number of carboxylic acid groups (broad SMARTS) is 1. The van der Waals surface area contributed by atoms with Gasteiger partial charge >= 0.3 is 5.97 Å². The minimum absolute atomic E-state index is 0.0679. The van der Waals surface area contributed by atoms with E-state index in [0.717, 1.165) is 12.8 Å². The van der Waals surface area contributed by atoms with Gasteiger partial charge in [0, 0.05) is 18.9 Å². The number of hydrogen-bond acceptors (Lipinski definition) is 4. The van der Waals surface area contributed by atoms with Gasteiger partial charge in [0.25, 0.3) is 0 Å². The third-order valence-corrected chi connectivity index (χ3v) is 4.72. The van der Waals surface area contributed by atoms with Crippen molar-refractivity contribution in [3.63, 3.8) is 0 Å². The fourth-order valence-electron chi connectivity index (χ4n) is 3.66. The summed E-state index contributed by atoms with van der Waals surface area (Å²) in [6.07, 6.45) is 0.666. The summed E-state index contributed by atoms with van der Waals surface area (Å²) >= 11 is 0. The topological polar surface area (TPSA) is 151 Å². The summed E-state index contributed by atoms with van der Waals surface area (Å²) in [5.74, 6) is -2.81. The molecule has 1 rings (SSSR count). The van der Waals surface area contributed by atoms with Crippen molar-refractivity contribution in [3.05, 3.63) is 0 Å². The van der Waals surface area contributed by atoms with Gasteiger partial charge in [-0.2, -0.15) is 0 Å². The SMILES string of the molecule is CCC(CC)[C@H](NC(C)=O)[C@@H]1[C@H](O)[C@H](N=C(N)N)C[C@@H]1C(=O)O. The number of rotatable bonds is 7. The Bertz CT molecular complexity index is 460. The Hall–Kier alpha value is -1.83. The highest BCUT2D eigenvalue weighted by molar-refractivity contribution is 5.77. The van der Waals surface area contributed by atoms with Gasteiger partial charge in [0.05, 0.1) is 18.1 Å². The van der Waals surface area contributed by atoms with Crippen LogP contribution in [0.3, 0.4) is 0 Å². The molecule has 0 saturated heterocycles. The number of carboxylic acids is 1. The molecule has 132 valence electrons. The summed E-state index contributed by atoms with van der Waals surface area (Å²) in [6, 6.07) is -1.10. The van der Waals surface area contributed by atoms with Crippen LogP contribution < -0.4 is 16.8 Å². The quantitative estimate of drug-likeness (QED) is 0.318. The third-order valence-electron chi connectivity index (χ3n) is 4.72. The van der Waals surface area contributed by atoms with Crippen LogP contribution in [0.4, 0.5) is 0 Å². The van der Waals surface area contributed by atoms with Crippen molar-refractivity contribution in [2.24, 2.45) is 34.2 Å². The lowest BCUT2D eigenvalue weighted by Crippen LogP contribution is -2.50. The molecule has 0 heterocycles. The molecule has 0 aromatic rings. The monoisotopic (exact) mass is 328 g/mol. The van der Waals surface area contributed by atoms with Gasteiger partial charge in [0.1, 0.15) is 0 Å². The molecule has 1 aliphatic carbocycles. The first kappa shape index (κ1) is 19.2. The summed E-state index contributed by atoms with van der Waals surface area (Å²) in [5, 5.41) is 23.0. The number of aliphatic carboxylic acids is 1. The van der Waals surface area contributed by atoms with Gasteiger partial charge in [-0.25, -0.2) is 4.99 Å². The molecule has 8 nitrogen and oxygen atoms in total. The van der Waals surface area contributed by atoms with E-state index < -0.39 is 36.0 Å². The molecule has 0 spiro atoms. The Morgan fingerprint density at radius 2 is 1.87 bits per heavy atom. The van der Waals surface area contributed by atoms with Gasteiger partial charge in [-0.15, -0.1) is 0 Å². The molecular formula is C15H28N4O4. The van der Waals surface area contributed by atoms with Gasteiger partial charge in [-0.1, -0.05) is 26.7 Å². The first-order chi connectivity index (χ1) is 10.7. The molecule has 0 bridgehead atoms.